The lowest BCUT2D eigenvalue weighted by Crippen LogP contribution is -2.06. The lowest BCUT2D eigenvalue weighted by atomic mass is 10.0. The summed E-state index contributed by atoms with van der Waals surface area (Å²) >= 11 is 0. The van der Waals surface area contributed by atoms with Crippen molar-refractivity contribution in [3.05, 3.63) is 58.0 Å². The van der Waals surface area contributed by atoms with Crippen molar-refractivity contribution in [1.29, 1.82) is 0 Å². The maximum Gasteiger partial charge on any atom is 0.231 e. The quantitative estimate of drug-likeness (QED) is 0.676. The van der Waals surface area contributed by atoms with Gasteiger partial charge in [0.15, 0.2) is 23.0 Å². The third kappa shape index (κ3) is 2.97. The van der Waals surface area contributed by atoms with Gasteiger partial charge in [-0.1, -0.05) is 17.7 Å². The predicted octanol–water partition coefficient (Wildman–Crippen LogP) is 4.41. The number of benzene rings is 2. The van der Waals surface area contributed by atoms with Crippen LogP contribution in [0.3, 0.4) is 0 Å². The average molecular weight is 380 g/mol. The van der Waals surface area contributed by atoms with E-state index in [9.17, 15) is 9.90 Å². The number of hydrogen-bond donors (Lipinski definition) is 1. The molecule has 4 rings (SSSR count). The molecule has 6 nitrogen and oxygen atoms in total. The van der Waals surface area contributed by atoms with E-state index in [-0.39, 0.29) is 23.7 Å². The van der Waals surface area contributed by atoms with Crippen LogP contribution in [0.15, 0.2) is 51.4 Å². The maximum absolute atomic E-state index is 13.2. The first-order chi connectivity index (χ1) is 13.5. The van der Waals surface area contributed by atoms with Gasteiger partial charge in [-0.2, -0.15) is 0 Å². The van der Waals surface area contributed by atoms with Crippen LogP contribution >= 0.6 is 0 Å². The molecular weight excluding hydrogens is 360 g/mol. The molecule has 0 fully saturated rings. The zero-order chi connectivity index (χ0) is 19.8. The number of methoxy groups -OCH3 is 1. The van der Waals surface area contributed by atoms with Crippen molar-refractivity contribution in [2.45, 2.75) is 20.3 Å². The summed E-state index contributed by atoms with van der Waals surface area (Å²) in [5.41, 5.74) is 2.81. The smallest absolute Gasteiger partial charge is 0.231 e. The van der Waals surface area contributed by atoms with E-state index in [4.69, 9.17) is 18.6 Å². The molecular formula is C22H20O6. The van der Waals surface area contributed by atoms with E-state index in [2.05, 4.69) is 0 Å². The Morgan fingerprint density at radius 1 is 1.21 bits per heavy atom. The standard InChI is InChI=1S/C22H20O6/c1-12(2)4-6-14-21(24)19(25-3)9-15-20(23)16(10-26-22(14)15)13-5-7-17-18(8-13)28-11-27-17/h4-5,7-10,24H,6,11H2,1-3H3. The van der Waals surface area contributed by atoms with E-state index >= 15 is 0 Å². The van der Waals surface area contributed by atoms with Crippen LogP contribution in [0.4, 0.5) is 0 Å². The predicted molar refractivity (Wildman–Crippen MR) is 105 cm³/mol. The molecule has 1 aliphatic heterocycles. The molecule has 1 aromatic heterocycles. The lowest BCUT2D eigenvalue weighted by molar-refractivity contribution is 0.174. The summed E-state index contributed by atoms with van der Waals surface area (Å²) in [6.45, 7) is 4.09. The van der Waals surface area contributed by atoms with Crippen LogP contribution in [0.2, 0.25) is 0 Å². The van der Waals surface area contributed by atoms with Crippen molar-refractivity contribution in [3.63, 3.8) is 0 Å². The molecule has 144 valence electrons. The topological polar surface area (TPSA) is 78.1 Å². The van der Waals surface area contributed by atoms with Crippen molar-refractivity contribution in [1.82, 2.24) is 0 Å². The van der Waals surface area contributed by atoms with Gasteiger partial charge in [0, 0.05) is 5.56 Å². The Kier molecular flexibility index (Phi) is 4.47. The van der Waals surface area contributed by atoms with E-state index in [1.54, 1.807) is 18.2 Å². The zero-order valence-electron chi connectivity index (χ0n) is 15.9. The van der Waals surface area contributed by atoms with E-state index in [0.717, 1.165) is 5.57 Å². The minimum Gasteiger partial charge on any atom is -0.504 e. The largest absolute Gasteiger partial charge is 0.504 e. The van der Waals surface area contributed by atoms with Crippen molar-refractivity contribution in [3.8, 4) is 34.1 Å². The fourth-order valence-corrected chi connectivity index (χ4v) is 3.22. The van der Waals surface area contributed by atoms with Crippen LogP contribution in [0.5, 0.6) is 23.0 Å². The molecule has 28 heavy (non-hydrogen) atoms. The van der Waals surface area contributed by atoms with Crippen molar-refractivity contribution in [2.24, 2.45) is 0 Å². The number of aromatic hydroxyl groups is 1. The molecule has 3 aromatic rings. The first kappa shape index (κ1) is 18.0. The minimum atomic E-state index is -0.211. The van der Waals surface area contributed by atoms with Gasteiger partial charge in [0.25, 0.3) is 0 Å². The molecule has 0 saturated carbocycles. The highest BCUT2D eigenvalue weighted by atomic mass is 16.7. The van der Waals surface area contributed by atoms with Gasteiger partial charge in [0.1, 0.15) is 11.8 Å². The molecule has 0 aliphatic carbocycles. The SMILES string of the molecule is COc1cc2c(=O)c(-c3ccc4c(c3)OCO4)coc2c(CC=C(C)C)c1O. The fraction of sp³-hybridized carbons (Fsp3) is 0.227. The van der Waals surface area contributed by atoms with E-state index in [1.165, 1.54) is 19.4 Å². The summed E-state index contributed by atoms with van der Waals surface area (Å²) in [4.78, 5) is 13.2. The highest BCUT2D eigenvalue weighted by Gasteiger charge is 2.20. The summed E-state index contributed by atoms with van der Waals surface area (Å²) in [5.74, 6) is 1.44. The van der Waals surface area contributed by atoms with Gasteiger partial charge in [0.05, 0.1) is 18.1 Å². The van der Waals surface area contributed by atoms with Crippen molar-refractivity contribution in [2.75, 3.05) is 13.9 Å². The molecule has 0 spiro atoms. The third-order valence-electron chi connectivity index (χ3n) is 4.72. The summed E-state index contributed by atoms with van der Waals surface area (Å²) < 4.78 is 21.8. The number of phenols is 1. The Morgan fingerprint density at radius 2 is 2.00 bits per heavy atom. The zero-order valence-corrected chi connectivity index (χ0v) is 15.9. The summed E-state index contributed by atoms with van der Waals surface area (Å²) in [5, 5.41) is 10.9. The van der Waals surface area contributed by atoms with Crippen LogP contribution in [-0.4, -0.2) is 19.0 Å². The van der Waals surface area contributed by atoms with Crippen LogP contribution in [-0.2, 0) is 6.42 Å². The van der Waals surface area contributed by atoms with Gasteiger partial charge < -0.3 is 23.7 Å². The van der Waals surface area contributed by atoms with Gasteiger partial charge >= 0.3 is 0 Å². The van der Waals surface area contributed by atoms with Crippen LogP contribution in [0, 0.1) is 0 Å². The Hall–Kier alpha value is -3.41. The average Bonchev–Trinajstić information content (AvgIpc) is 3.15. The molecule has 0 radical (unpaired) electrons. The molecule has 0 saturated heterocycles. The normalized spacial score (nSPS) is 12.2. The third-order valence-corrected chi connectivity index (χ3v) is 4.72. The van der Waals surface area contributed by atoms with E-state index in [0.29, 0.717) is 45.6 Å². The van der Waals surface area contributed by atoms with Crippen molar-refractivity contribution < 1.29 is 23.7 Å². The van der Waals surface area contributed by atoms with Crippen LogP contribution < -0.4 is 19.6 Å². The fourth-order valence-electron chi connectivity index (χ4n) is 3.22. The summed E-state index contributed by atoms with van der Waals surface area (Å²) in [6, 6.07) is 6.81. The number of ether oxygens (including phenoxy) is 3. The number of phenolic OH excluding ortho intramolecular Hbond substituents is 1. The van der Waals surface area contributed by atoms with Gasteiger partial charge in [-0.05, 0) is 44.0 Å². The molecule has 0 bridgehead atoms. The molecule has 0 amide bonds. The number of allylic oxidation sites excluding steroid dienone is 2. The summed E-state index contributed by atoms with van der Waals surface area (Å²) in [7, 11) is 1.45. The van der Waals surface area contributed by atoms with Crippen LogP contribution in [0.25, 0.3) is 22.1 Å². The number of hydrogen-bond acceptors (Lipinski definition) is 6. The van der Waals surface area contributed by atoms with Crippen molar-refractivity contribution >= 4 is 11.0 Å². The minimum absolute atomic E-state index is 0.0218. The van der Waals surface area contributed by atoms with Gasteiger partial charge in [-0.15, -0.1) is 0 Å². The second-order valence-corrected chi connectivity index (χ2v) is 6.81. The highest BCUT2D eigenvalue weighted by Crippen LogP contribution is 2.38. The highest BCUT2D eigenvalue weighted by molar-refractivity contribution is 5.88. The molecule has 2 aromatic carbocycles. The van der Waals surface area contributed by atoms with Gasteiger partial charge in [-0.3, -0.25) is 4.79 Å². The Morgan fingerprint density at radius 3 is 2.75 bits per heavy atom. The van der Waals surface area contributed by atoms with E-state index in [1.807, 2.05) is 19.9 Å². The van der Waals surface area contributed by atoms with Gasteiger partial charge in [-0.25, -0.2) is 0 Å². The molecule has 2 heterocycles. The monoisotopic (exact) mass is 380 g/mol. The molecule has 0 atom stereocenters. The van der Waals surface area contributed by atoms with Crippen LogP contribution in [0.1, 0.15) is 19.4 Å². The molecule has 0 unspecified atom stereocenters. The molecule has 1 aliphatic rings. The summed E-state index contributed by atoms with van der Waals surface area (Å²) in [6.07, 6.45) is 3.80. The van der Waals surface area contributed by atoms with Gasteiger partial charge in [0.2, 0.25) is 12.2 Å². The number of rotatable bonds is 4. The molecule has 1 N–H and O–H groups in total. The second kappa shape index (κ2) is 6.96. The maximum atomic E-state index is 13.2. The Labute approximate surface area is 161 Å². The Balaban J connectivity index is 1.93. The lowest BCUT2D eigenvalue weighted by Gasteiger charge is -2.12. The number of fused-ring (bicyclic) bond motifs is 2. The molecule has 6 heteroatoms. The second-order valence-electron chi connectivity index (χ2n) is 6.81. The Bertz CT molecular complexity index is 1150. The van der Waals surface area contributed by atoms with E-state index < -0.39 is 0 Å². The first-order valence-corrected chi connectivity index (χ1v) is 8.87. The first-order valence-electron chi connectivity index (χ1n) is 8.87.